The van der Waals surface area contributed by atoms with Crippen molar-refractivity contribution in [2.24, 2.45) is 0 Å². The van der Waals surface area contributed by atoms with E-state index >= 15 is 8.63 Å². The molecular formula is C18H24BF2N2-. The summed E-state index contributed by atoms with van der Waals surface area (Å²) in [4.78, 5) is 0. The Morgan fingerprint density at radius 1 is 0.826 bits per heavy atom. The molecule has 5 heteroatoms. The molecule has 124 valence electrons. The fraction of sp³-hybridized carbons (Fsp3) is 0.444. The van der Waals surface area contributed by atoms with Gasteiger partial charge < -0.3 is 17.6 Å². The molecule has 23 heavy (non-hydrogen) atoms. The lowest BCUT2D eigenvalue weighted by atomic mass is 9.87. The van der Waals surface area contributed by atoms with Crippen LogP contribution >= 0.6 is 0 Å². The molecule has 3 rings (SSSR count). The van der Waals surface area contributed by atoms with Crippen molar-refractivity contribution in [2.45, 2.75) is 54.4 Å². The number of fused-ring (bicyclic) bond motifs is 2. The lowest BCUT2D eigenvalue weighted by molar-refractivity contribution is 0.521. The lowest BCUT2D eigenvalue weighted by Crippen LogP contribution is -2.48. The molecule has 2 nitrogen and oxygen atoms in total. The minimum Gasteiger partial charge on any atom is -0.443 e. The summed E-state index contributed by atoms with van der Waals surface area (Å²) < 4.78 is 33.5. The summed E-state index contributed by atoms with van der Waals surface area (Å²) in [5, 5.41) is 0. The molecule has 0 saturated heterocycles. The average molecular weight is 317 g/mol. The first-order chi connectivity index (χ1) is 10.7. The van der Waals surface area contributed by atoms with Crippen molar-refractivity contribution < 1.29 is 8.63 Å². The molecule has 0 fully saturated rings. The van der Waals surface area contributed by atoms with E-state index in [1.54, 1.807) is 13.8 Å². The number of rotatable bonds is 2. The molecule has 0 atom stereocenters. The zero-order chi connectivity index (χ0) is 17.3. The molecule has 0 spiro atoms. The van der Waals surface area contributed by atoms with E-state index in [0.29, 0.717) is 22.8 Å². The van der Waals surface area contributed by atoms with Crippen LogP contribution in [0.5, 0.6) is 0 Å². The van der Waals surface area contributed by atoms with Crippen LogP contribution in [0.3, 0.4) is 0 Å². The van der Waals surface area contributed by atoms with Gasteiger partial charge in [0.1, 0.15) is 0 Å². The second-order valence-corrected chi connectivity index (χ2v) is 6.59. The molecule has 0 saturated carbocycles. The Labute approximate surface area is 136 Å². The predicted octanol–water partition coefficient (Wildman–Crippen LogP) is 4.79. The van der Waals surface area contributed by atoms with Gasteiger partial charge in [-0.1, -0.05) is 20.4 Å². The first-order valence-corrected chi connectivity index (χ1v) is 8.32. The molecule has 2 aromatic heterocycles. The third-order valence-electron chi connectivity index (χ3n) is 5.59. The largest absolute Gasteiger partial charge is 0.533 e. The third-order valence-corrected chi connectivity index (χ3v) is 5.59. The first kappa shape index (κ1) is 16.1. The molecule has 0 amide bonds. The first-order valence-electron chi connectivity index (χ1n) is 8.32. The Kier molecular flexibility index (Phi) is 3.40. The monoisotopic (exact) mass is 317 g/mol. The van der Waals surface area contributed by atoms with Gasteiger partial charge in [0.25, 0.3) is 0 Å². The second kappa shape index (κ2) is 4.86. The molecular weight excluding hydrogens is 293 g/mol. The van der Waals surface area contributed by atoms with Crippen molar-refractivity contribution in [3.05, 3.63) is 51.6 Å². The van der Waals surface area contributed by atoms with Crippen molar-refractivity contribution in [1.29, 1.82) is 0 Å². The summed E-state index contributed by atoms with van der Waals surface area (Å²) in [6, 6.07) is 0. The quantitative estimate of drug-likeness (QED) is 0.705. The predicted molar refractivity (Wildman–Crippen MR) is 93.5 cm³/mol. The molecule has 1 aliphatic heterocycles. The van der Waals surface area contributed by atoms with Gasteiger partial charge in [-0.25, -0.2) is 0 Å². The molecule has 1 aliphatic rings. The fourth-order valence-electron chi connectivity index (χ4n) is 4.61. The molecule has 0 radical (unpaired) electrons. The van der Waals surface area contributed by atoms with Crippen LogP contribution in [0.2, 0.25) is 0 Å². The number of halogens is 2. The van der Waals surface area contributed by atoms with Crippen molar-refractivity contribution in [3.8, 4) is 0 Å². The summed E-state index contributed by atoms with van der Waals surface area (Å²) in [6.07, 6.45) is 1.51. The van der Waals surface area contributed by atoms with E-state index in [2.05, 4.69) is 6.58 Å². The zero-order valence-electron chi connectivity index (χ0n) is 14.8. The number of nitrogens with zero attached hydrogens (tertiary/aromatic N) is 2. The molecule has 0 bridgehead atoms. The van der Waals surface area contributed by atoms with Crippen LogP contribution in [0.25, 0.3) is 5.57 Å². The van der Waals surface area contributed by atoms with Crippen LogP contribution in [0.15, 0.2) is 6.58 Å². The number of hydrogen-bond donors (Lipinski definition) is 0. The molecule has 0 unspecified atom stereocenters. The highest BCUT2D eigenvalue weighted by Gasteiger charge is 2.43. The highest BCUT2D eigenvalue weighted by molar-refractivity contribution is 6.64. The Morgan fingerprint density at radius 3 is 1.48 bits per heavy atom. The van der Waals surface area contributed by atoms with E-state index in [-0.39, 0.29) is 0 Å². The Morgan fingerprint density at radius 2 is 1.17 bits per heavy atom. The number of hydrogen-bond acceptors (Lipinski definition) is 0. The van der Waals surface area contributed by atoms with E-state index in [9.17, 15) is 0 Å². The van der Waals surface area contributed by atoms with Crippen LogP contribution < -0.4 is 0 Å². The van der Waals surface area contributed by atoms with Gasteiger partial charge in [0, 0.05) is 17.0 Å². The Hall–Kier alpha value is -1.78. The van der Waals surface area contributed by atoms with Crippen LogP contribution in [-0.4, -0.2) is 15.9 Å². The minimum absolute atomic E-state index is 0.611. The van der Waals surface area contributed by atoms with Gasteiger partial charge in [0.2, 0.25) is 0 Å². The van der Waals surface area contributed by atoms with Crippen molar-refractivity contribution >= 4 is 12.5 Å². The molecule has 0 N–H and O–H groups in total. The highest BCUT2D eigenvalue weighted by atomic mass is 19.2. The van der Waals surface area contributed by atoms with Gasteiger partial charge in [0.05, 0.1) is 0 Å². The summed E-state index contributed by atoms with van der Waals surface area (Å²) in [5.74, 6) is 0. The molecule has 3 heterocycles. The van der Waals surface area contributed by atoms with Gasteiger partial charge in [-0.2, -0.15) is 0 Å². The topological polar surface area (TPSA) is 9.86 Å². The van der Waals surface area contributed by atoms with Crippen LogP contribution in [0.1, 0.15) is 58.9 Å². The maximum atomic E-state index is 15.5. The number of aromatic nitrogens is 2. The van der Waals surface area contributed by atoms with Crippen molar-refractivity contribution in [3.63, 3.8) is 0 Å². The zero-order valence-corrected chi connectivity index (χ0v) is 14.8. The smallest absolute Gasteiger partial charge is 0.443 e. The third kappa shape index (κ3) is 1.73. The van der Waals surface area contributed by atoms with Gasteiger partial charge in [-0.3, -0.25) is 0 Å². The van der Waals surface area contributed by atoms with E-state index in [1.807, 2.05) is 27.7 Å². The SMILES string of the molecule is C=C1c2c(C)c(CC)c(C)n2[B-](F)(F)n2c(C)c(CC)c(C)c21. The van der Waals surface area contributed by atoms with Crippen LogP contribution in [-0.2, 0) is 12.8 Å². The lowest BCUT2D eigenvalue weighted by Gasteiger charge is -2.40. The van der Waals surface area contributed by atoms with E-state index < -0.39 is 6.97 Å². The average Bonchev–Trinajstić information content (AvgIpc) is 2.89. The van der Waals surface area contributed by atoms with Gasteiger partial charge in [0.15, 0.2) is 0 Å². The Balaban J connectivity index is 2.46. The van der Waals surface area contributed by atoms with Gasteiger partial charge >= 0.3 is 6.97 Å². The van der Waals surface area contributed by atoms with Gasteiger partial charge in [-0.05, 0) is 74.2 Å². The maximum absolute atomic E-state index is 15.5. The standard InChI is InChI=1S/C18H24BF2N2/c1-8-15-10(3)17-12(5)18-11(4)16(9-2)14(7)23(18)19(20,21)22(17)13(15)6/h5,8-9H2,1-4,6-7H3/q-1. The molecule has 0 aromatic carbocycles. The molecule has 2 aromatic rings. The van der Waals surface area contributed by atoms with Crippen LogP contribution in [0, 0.1) is 27.7 Å². The van der Waals surface area contributed by atoms with E-state index in [4.69, 9.17) is 0 Å². The van der Waals surface area contributed by atoms with E-state index in [1.165, 1.54) is 8.96 Å². The Bertz CT molecular complexity index is 774. The summed E-state index contributed by atoms with van der Waals surface area (Å²) in [6.45, 7) is 11.8. The molecule has 0 aliphatic carbocycles. The minimum atomic E-state index is -3.89. The summed E-state index contributed by atoms with van der Waals surface area (Å²) in [5.41, 5.74) is 7.19. The maximum Gasteiger partial charge on any atom is 0.533 e. The summed E-state index contributed by atoms with van der Waals surface area (Å²) in [7, 11) is 0. The van der Waals surface area contributed by atoms with Crippen molar-refractivity contribution in [2.75, 3.05) is 0 Å². The highest BCUT2D eigenvalue weighted by Crippen LogP contribution is 2.43. The summed E-state index contributed by atoms with van der Waals surface area (Å²) >= 11 is 0. The van der Waals surface area contributed by atoms with Crippen molar-refractivity contribution in [1.82, 2.24) is 8.96 Å². The fourth-order valence-corrected chi connectivity index (χ4v) is 4.61. The van der Waals surface area contributed by atoms with E-state index in [0.717, 1.165) is 40.7 Å². The van der Waals surface area contributed by atoms with Gasteiger partial charge in [-0.15, -0.1) is 0 Å². The van der Waals surface area contributed by atoms with Crippen LogP contribution in [0.4, 0.5) is 8.63 Å². The normalized spacial score (nSPS) is 15.7. The second-order valence-electron chi connectivity index (χ2n) is 6.59.